The molecule has 1 amide bonds. The van der Waals surface area contributed by atoms with Crippen molar-refractivity contribution in [3.05, 3.63) is 0 Å². The van der Waals surface area contributed by atoms with Gasteiger partial charge >= 0.3 is 0 Å². The second-order valence-corrected chi connectivity index (χ2v) is 4.68. The first-order valence-electron chi connectivity index (χ1n) is 5.52. The Morgan fingerprint density at radius 2 is 2.14 bits per heavy atom. The SMILES string of the molecule is CCN(C)C(=O)CNCC1(C)CCC1. The van der Waals surface area contributed by atoms with E-state index in [0.717, 1.165) is 13.1 Å². The summed E-state index contributed by atoms with van der Waals surface area (Å²) in [4.78, 5) is 13.2. The third-order valence-electron chi connectivity index (χ3n) is 3.29. The summed E-state index contributed by atoms with van der Waals surface area (Å²) in [6.45, 7) is 6.54. The predicted octanol–water partition coefficient (Wildman–Crippen LogP) is 1.24. The third-order valence-corrected chi connectivity index (χ3v) is 3.29. The van der Waals surface area contributed by atoms with Crippen LogP contribution in [0.1, 0.15) is 33.1 Å². The molecule has 0 aromatic carbocycles. The van der Waals surface area contributed by atoms with Crippen LogP contribution in [0.2, 0.25) is 0 Å². The van der Waals surface area contributed by atoms with Gasteiger partial charge in [-0.1, -0.05) is 13.3 Å². The Kier molecular flexibility index (Phi) is 3.93. The first-order valence-corrected chi connectivity index (χ1v) is 5.52. The van der Waals surface area contributed by atoms with Gasteiger partial charge in [0.05, 0.1) is 6.54 Å². The van der Waals surface area contributed by atoms with Crippen LogP contribution in [0.3, 0.4) is 0 Å². The fraction of sp³-hybridized carbons (Fsp3) is 0.909. The van der Waals surface area contributed by atoms with Crippen LogP contribution in [0.4, 0.5) is 0 Å². The van der Waals surface area contributed by atoms with Gasteiger partial charge in [0.25, 0.3) is 0 Å². The van der Waals surface area contributed by atoms with Crippen LogP contribution in [0.25, 0.3) is 0 Å². The number of rotatable bonds is 5. The maximum absolute atomic E-state index is 11.4. The highest BCUT2D eigenvalue weighted by atomic mass is 16.2. The van der Waals surface area contributed by atoms with Gasteiger partial charge in [0.15, 0.2) is 0 Å². The Labute approximate surface area is 86.9 Å². The van der Waals surface area contributed by atoms with Gasteiger partial charge < -0.3 is 10.2 Å². The van der Waals surface area contributed by atoms with Gasteiger partial charge in [0.1, 0.15) is 0 Å². The highest BCUT2D eigenvalue weighted by Crippen LogP contribution is 2.39. The van der Waals surface area contributed by atoms with Crippen molar-refractivity contribution in [1.29, 1.82) is 0 Å². The molecule has 1 N–H and O–H groups in total. The molecular formula is C11H22N2O. The predicted molar refractivity (Wildman–Crippen MR) is 58.1 cm³/mol. The number of likely N-dealkylation sites (N-methyl/N-ethyl adjacent to an activating group) is 1. The lowest BCUT2D eigenvalue weighted by Gasteiger charge is -2.38. The molecule has 1 aliphatic rings. The van der Waals surface area contributed by atoms with Crippen molar-refractivity contribution in [1.82, 2.24) is 10.2 Å². The highest BCUT2D eigenvalue weighted by Gasteiger charge is 2.31. The van der Waals surface area contributed by atoms with Gasteiger partial charge in [0.2, 0.25) is 5.91 Å². The molecule has 3 heteroatoms. The summed E-state index contributed by atoms with van der Waals surface area (Å²) in [7, 11) is 1.84. The summed E-state index contributed by atoms with van der Waals surface area (Å²) in [5.41, 5.74) is 0.463. The van der Waals surface area contributed by atoms with Gasteiger partial charge in [-0.05, 0) is 25.2 Å². The number of nitrogens with one attached hydrogen (secondary N) is 1. The molecule has 14 heavy (non-hydrogen) atoms. The summed E-state index contributed by atoms with van der Waals surface area (Å²) in [5.74, 6) is 0.190. The number of carbonyl (C=O) groups excluding carboxylic acids is 1. The second-order valence-electron chi connectivity index (χ2n) is 4.68. The van der Waals surface area contributed by atoms with Crippen LogP contribution in [-0.4, -0.2) is 37.5 Å². The fourth-order valence-corrected chi connectivity index (χ4v) is 1.74. The van der Waals surface area contributed by atoms with Crippen molar-refractivity contribution in [3.63, 3.8) is 0 Å². The molecule has 0 aromatic rings. The van der Waals surface area contributed by atoms with Gasteiger partial charge in [-0.3, -0.25) is 4.79 Å². The molecule has 0 unspecified atom stereocenters. The van der Waals surface area contributed by atoms with Gasteiger partial charge in [-0.25, -0.2) is 0 Å². The van der Waals surface area contributed by atoms with E-state index in [-0.39, 0.29) is 5.91 Å². The Bertz CT molecular complexity index is 199. The molecule has 82 valence electrons. The molecule has 0 aromatic heterocycles. The van der Waals surface area contributed by atoms with Crippen molar-refractivity contribution < 1.29 is 4.79 Å². The van der Waals surface area contributed by atoms with Gasteiger partial charge in [-0.2, -0.15) is 0 Å². The smallest absolute Gasteiger partial charge is 0.236 e. The Morgan fingerprint density at radius 1 is 1.50 bits per heavy atom. The van der Waals surface area contributed by atoms with E-state index in [2.05, 4.69) is 12.2 Å². The normalized spacial score (nSPS) is 18.8. The zero-order chi connectivity index (χ0) is 10.6. The quantitative estimate of drug-likeness (QED) is 0.721. The summed E-state index contributed by atoms with van der Waals surface area (Å²) in [6, 6.07) is 0. The molecule has 0 spiro atoms. The van der Waals surface area contributed by atoms with E-state index in [1.54, 1.807) is 4.90 Å². The van der Waals surface area contributed by atoms with Crippen molar-refractivity contribution in [2.24, 2.45) is 5.41 Å². The molecule has 0 aliphatic heterocycles. The Hall–Kier alpha value is -0.570. The van der Waals surface area contributed by atoms with E-state index in [1.807, 2.05) is 14.0 Å². The van der Waals surface area contributed by atoms with E-state index < -0.39 is 0 Å². The molecule has 0 bridgehead atoms. The second kappa shape index (κ2) is 4.78. The van der Waals surface area contributed by atoms with Crippen LogP contribution in [0, 0.1) is 5.41 Å². The molecular weight excluding hydrogens is 176 g/mol. The minimum Gasteiger partial charge on any atom is -0.345 e. The summed E-state index contributed by atoms with van der Waals surface area (Å²) in [6.07, 6.45) is 3.95. The minimum absolute atomic E-state index is 0.190. The average Bonchev–Trinajstić information content (AvgIpc) is 2.13. The average molecular weight is 198 g/mol. The molecule has 1 rings (SSSR count). The summed E-state index contributed by atoms with van der Waals surface area (Å²) in [5, 5.41) is 3.25. The maximum atomic E-state index is 11.4. The lowest BCUT2D eigenvalue weighted by Crippen LogP contribution is -2.42. The standard InChI is InChI=1S/C11H22N2O/c1-4-13(3)10(14)8-12-9-11(2)6-5-7-11/h12H,4-9H2,1-3H3. The summed E-state index contributed by atoms with van der Waals surface area (Å²) < 4.78 is 0. The molecule has 0 heterocycles. The topological polar surface area (TPSA) is 32.3 Å². The Balaban J connectivity index is 2.11. The van der Waals surface area contributed by atoms with E-state index >= 15 is 0 Å². The van der Waals surface area contributed by atoms with Crippen LogP contribution < -0.4 is 5.32 Å². The Morgan fingerprint density at radius 3 is 2.57 bits per heavy atom. The minimum atomic E-state index is 0.190. The number of carbonyl (C=O) groups is 1. The number of nitrogens with zero attached hydrogens (tertiary/aromatic N) is 1. The lowest BCUT2D eigenvalue weighted by atomic mass is 9.70. The molecule has 1 saturated carbocycles. The van der Waals surface area contributed by atoms with E-state index in [0.29, 0.717) is 12.0 Å². The van der Waals surface area contributed by atoms with Crippen molar-refractivity contribution >= 4 is 5.91 Å². The number of hydrogen-bond acceptors (Lipinski definition) is 2. The summed E-state index contributed by atoms with van der Waals surface area (Å²) >= 11 is 0. The zero-order valence-corrected chi connectivity index (χ0v) is 9.60. The zero-order valence-electron chi connectivity index (χ0n) is 9.60. The van der Waals surface area contributed by atoms with Crippen molar-refractivity contribution in [2.45, 2.75) is 33.1 Å². The number of amides is 1. The molecule has 1 aliphatic carbocycles. The molecule has 0 atom stereocenters. The first kappa shape index (κ1) is 11.5. The van der Waals surface area contributed by atoms with E-state index in [1.165, 1.54) is 19.3 Å². The van der Waals surface area contributed by atoms with Crippen LogP contribution in [0.15, 0.2) is 0 Å². The highest BCUT2D eigenvalue weighted by molar-refractivity contribution is 5.77. The van der Waals surface area contributed by atoms with Crippen LogP contribution in [0.5, 0.6) is 0 Å². The monoisotopic (exact) mass is 198 g/mol. The van der Waals surface area contributed by atoms with Crippen molar-refractivity contribution in [2.75, 3.05) is 26.7 Å². The fourth-order valence-electron chi connectivity index (χ4n) is 1.74. The molecule has 0 radical (unpaired) electrons. The van der Waals surface area contributed by atoms with Crippen LogP contribution in [-0.2, 0) is 4.79 Å². The number of hydrogen-bond donors (Lipinski definition) is 1. The molecule has 1 fully saturated rings. The van der Waals surface area contributed by atoms with Crippen LogP contribution >= 0.6 is 0 Å². The van der Waals surface area contributed by atoms with Crippen molar-refractivity contribution in [3.8, 4) is 0 Å². The van der Waals surface area contributed by atoms with Gasteiger partial charge in [-0.15, -0.1) is 0 Å². The first-order chi connectivity index (χ1) is 6.57. The van der Waals surface area contributed by atoms with Gasteiger partial charge in [0, 0.05) is 20.1 Å². The van der Waals surface area contributed by atoms with E-state index in [4.69, 9.17) is 0 Å². The molecule has 3 nitrogen and oxygen atoms in total. The van der Waals surface area contributed by atoms with E-state index in [9.17, 15) is 4.79 Å². The lowest BCUT2D eigenvalue weighted by molar-refractivity contribution is -0.128. The third kappa shape index (κ3) is 2.98. The molecule has 0 saturated heterocycles. The largest absolute Gasteiger partial charge is 0.345 e. The maximum Gasteiger partial charge on any atom is 0.236 e.